The van der Waals surface area contributed by atoms with Gasteiger partial charge < -0.3 is 4.74 Å². The minimum absolute atomic E-state index is 0.258. The lowest BCUT2D eigenvalue weighted by molar-refractivity contribution is 0.00159. The van der Waals surface area contributed by atoms with Crippen molar-refractivity contribution < 1.29 is 9.13 Å². The first kappa shape index (κ1) is 14.0. The molecule has 1 saturated carbocycles. The summed E-state index contributed by atoms with van der Waals surface area (Å²) in [4.78, 5) is 0. The maximum atomic E-state index is 13.2. The summed E-state index contributed by atoms with van der Waals surface area (Å²) in [6.07, 6.45) is 6.12. The number of halogens is 1. The fraction of sp³-hybridized carbons (Fsp3) is 0.562. The second-order valence-electron chi connectivity index (χ2n) is 5.29. The van der Waals surface area contributed by atoms with E-state index in [9.17, 15) is 4.39 Å². The van der Waals surface area contributed by atoms with Crippen LogP contribution in [-0.4, -0.2) is 6.10 Å². The van der Waals surface area contributed by atoms with Crippen molar-refractivity contribution in [1.82, 2.24) is 0 Å². The fourth-order valence-corrected chi connectivity index (χ4v) is 2.76. The van der Waals surface area contributed by atoms with E-state index in [1.807, 2.05) is 0 Å². The largest absolute Gasteiger partial charge is 0.373 e. The minimum atomic E-state index is -0.312. The summed E-state index contributed by atoms with van der Waals surface area (Å²) in [6, 6.07) is 6.32. The average molecular weight is 261 g/mol. The average Bonchev–Trinajstić information content (AvgIpc) is 2.45. The fourth-order valence-electron chi connectivity index (χ4n) is 2.76. The molecule has 1 aromatic carbocycles. The topological polar surface area (TPSA) is 33.0 Å². The Bertz CT molecular complexity index is 466. The predicted molar refractivity (Wildman–Crippen MR) is 71.9 cm³/mol. The van der Waals surface area contributed by atoms with E-state index in [-0.39, 0.29) is 11.9 Å². The van der Waals surface area contributed by atoms with E-state index >= 15 is 0 Å². The van der Waals surface area contributed by atoms with Crippen LogP contribution < -0.4 is 0 Å². The number of hydrogen-bond donors (Lipinski definition) is 0. The summed E-state index contributed by atoms with van der Waals surface area (Å²) >= 11 is 0. The maximum Gasteiger partial charge on any atom is 0.123 e. The second kappa shape index (κ2) is 6.68. The van der Waals surface area contributed by atoms with Gasteiger partial charge in [0.15, 0.2) is 0 Å². The molecule has 2 unspecified atom stereocenters. The second-order valence-corrected chi connectivity index (χ2v) is 5.29. The van der Waals surface area contributed by atoms with Crippen molar-refractivity contribution in [3.63, 3.8) is 0 Å². The lowest BCUT2D eigenvalue weighted by Crippen LogP contribution is -2.22. The third-order valence-corrected chi connectivity index (χ3v) is 3.97. The van der Waals surface area contributed by atoms with Crippen LogP contribution in [0.2, 0.25) is 0 Å². The molecular weight excluding hydrogens is 241 g/mol. The van der Waals surface area contributed by atoms with Gasteiger partial charge in [-0.2, -0.15) is 5.26 Å². The Morgan fingerprint density at radius 1 is 1.42 bits per heavy atom. The van der Waals surface area contributed by atoms with Gasteiger partial charge in [-0.1, -0.05) is 26.2 Å². The van der Waals surface area contributed by atoms with Crippen LogP contribution in [0.4, 0.5) is 4.39 Å². The molecule has 2 nitrogen and oxygen atoms in total. The van der Waals surface area contributed by atoms with Crippen molar-refractivity contribution in [2.75, 3.05) is 0 Å². The molecule has 2 rings (SSSR count). The van der Waals surface area contributed by atoms with Gasteiger partial charge in [-0.05, 0) is 42.5 Å². The third kappa shape index (κ3) is 3.78. The molecule has 1 aromatic rings. The van der Waals surface area contributed by atoms with Crippen LogP contribution in [0.25, 0.3) is 0 Å². The molecule has 0 amide bonds. The quantitative estimate of drug-likeness (QED) is 0.814. The van der Waals surface area contributed by atoms with Crippen LogP contribution in [0.1, 0.15) is 50.2 Å². The number of benzene rings is 1. The molecule has 0 heterocycles. The molecule has 0 aromatic heterocycles. The summed E-state index contributed by atoms with van der Waals surface area (Å²) in [5, 5.41) is 9.00. The van der Waals surface area contributed by atoms with Crippen LogP contribution in [0.5, 0.6) is 0 Å². The molecular formula is C16H20FNO. The highest BCUT2D eigenvalue weighted by Crippen LogP contribution is 2.29. The Kier molecular flexibility index (Phi) is 4.93. The van der Waals surface area contributed by atoms with Crippen LogP contribution in [-0.2, 0) is 11.3 Å². The van der Waals surface area contributed by atoms with E-state index in [0.717, 1.165) is 18.8 Å². The molecule has 0 bridgehead atoms. The Balaban J connectivity index is 1.95. The van der Waals surface area contributed by atoms with E-state index < -0.39 is 0 Å². The minimum Gasteiger partial charge on any atom is -0.373 e. The molecule has 1 aliphatic rings. The molecule has 102 valence electrons. The van der Waals surface area contributed by atoms with Crippen molar-refractivity contribution >= 4 is 0 Å². The molecule has 0 N–H and O–H groups in total. The summed E-state index contributed by atoms with van der Waals surface area (Å²) in [5.74, 6) is 0.439. The van der Waals surface area contributed by atoms with Crippen LogP contribution in [0.15, 0.2) is 18.2 Å². The molecule has 0 saturated heterocycles. The molecule has 0 aliphatic heterocycles. The number of rotatable bonds is 4. The smallest absolute Gasteiger partial charge is 0.123 e. The van der Waals surface area contributed by atoms with Gasteiger partial charge in [0.05, 0.1) is 24.3 Å². The number of nitriles is 1. The maximum absolute atomic E-state index is 13.2. The zero-order valence-corrected chi connectivity index (χ0v) is 11.4. The number of ether oxygens (including phenoxy) is 1. The van der Waals surface area contributed by atoms with Gasteiger partial charge in [-0.25, -0.2) is 4.39 Å². The Labute approximate surface area is 114 Å². The van der Waals surface area contributed by atoms with Gasteiger partial charge >= 0.3 is 0 Å². The van der Waals surface area contributed by atoms with Crippen molar-refractivity contribution in [2.24, 2.45) is 5.92 Å². The summed E-state index contributed by atoms with van der Waals surface area (Å²) < 4.78 is 19.1. The van der Waals surface area contributed by atoms with Crippen molar-refractivity contribution in [2.45, 2.75) is 51.7 Å². The van der Waals surface area contributed by atoms with Crippen LogP contribution >= 0.6 is 0 Å². The van der Waals surface area contributed by atoms with Gasteiger partial charge in [-0.3, -0.25) is 0 Å². The van der Waals surface area contributed by atoms with E-state index in [0.29, 0.717) is 17.7 Å². The van der Waals surface area contributed by atoms with Crippen molar-refractivity contribution in [3.05, 3.63) is 35.1 Å². The van der Waals surface area contributed by atoms with Gasteiger partial charge in [0.1, 0.15) is 5.82 Å². The van der Waals surface area contributed by atoms with E-state index in [1.54, 1.807) is 0 Å². The van der Waals surface area contributed by atoms with Crippen LogP contribution in [0, 0.1) is 23.1 Å². The molecule has 0 radical (unpaired) electrons. The Hall–Kier alpha value is -1.40. The van der Waals surface area contributed by atoms with Gasteiger partial charge in [-0.15, -0.1) is 0 Å². The van der Waals surface area contributed by atoms with Crippen LogP contribution in [0.3, 0.4) is 0 Å². The van der Waals surface area contributed by atoms with E-state index in [4.69, 9.17) is 10.00 Å². The first-order chi connectivity index (χ1) is 9.22. The third-order valence-electron chi connectivity index (χ3n) is 3.97. The van der Waals surface area contributed by atoms with Gasteiger partial charge in [0.25, 0.3) is 0 Å². The highest BCUT2D eigenvalue weighted by Gasteiger charge is 2.21. The monoisotopic (exact) mass is 261 g/mol. The molecule has 1 fully saturated rings. The molecule has 1 aliphatic carbocycles. The first-order valence-corrected chi connectivity index (χ1v) is 7.03. The lowest BCUT2D eigenvalue weighted by atomic mass is 9.85. The molecule has 3 heteroatoms. The number of nitrogens with zero attached hydrogens (tertiary/aromatic N) is 1. The zero-order valence-electron chi connectivity index (χ0n) is 11.4. The van der Waals surface area contributed by atoms with Crippen molar-refractivity contribution in [1.29, 1.82) is 5.26 Å². The molecule has 0 spiro atoms. The first-order valence-electron chi connectivity index (χ1n) is 7.03. The SMILES string of the molecule is CCC1CCCC(OCc2cc(F)ccc2C#N)C1. The summed E-state index contributed by atoms with van der Waals surface area (Å²) in [7, 11) is 0. The lowest BCUT2D eigenvalue weighted by Gasteiger charge is -2.28. The molecule has 2 atom stereocenters. The van der Waals surface area contributed by atoms with E-state index in [1.165, 1.54) is 37.5 Å². The summed E-state index contributed by atoms with van der Waals surface area (Å²) in [6.45, 7) is 2.55. The van der Waals surface area contributed by atoms with Crippen molar-refractivity contribution in [3.8, 4) is 6.07 Å². The standard InChI is InChI=1S/C16H20FNO/c1-2-12-4-3-5-16(8-12)19-11-14-9-15(17)7-6-13(14)10-18/h6-7,9,12,16H,2-5,8,11H2,1H3. The number of hydrogen-bond acceptors (Lipinski definition) is 2. The highest BCUT2D eigenvalue weighted by molar-refractivity contribution is 5.37. The Morgan fingerprint density at radius 2 is 2.26 bits per heavy atom. The highest BCUT2D eigenvalue weighted by atomic mass is 19.1. The van der Waals surface area contributed by atoms with Gasteiger partial charge in [0.2, 0.25) is 0 Å². The normalized spacial score (nSPS) is 23.0. The molecule has 19 heavy (non-hydrogen) atoms. The predicted octanol–water partition coefficient (Wildman–Crippen LogP) is 4.18. The summed E-state index contributed by atoms with van der Waals surface area (Å²) in [5.41, 5.74) is 1.16. The Morgan fingerprint density at radius 3 is 3.00 bits per heavy atom. The van der Waals surface area contributed by atoms with E-state index in [2.05, 4.69) is 13.0 Å². The zero-order chi connectivity index (χ0) is 13.7. The van der Waals surface area contributed by atoms with Gasteiger partial charge in [0, 0.05) is 0 Å².